The van der Waals surface area contributed by atoms with Crippen LogP contribution in [-0.2, 0) is 6.54 Å². The normalized spacial score (nSPS) is 10.1. The molecule has 0 aliphatic carbocycles. The predicted octanol–water partition coefficient (Wildman–Crippen LogP) is 3.09. The van der Waals surface area contributed by atoms with Crippen molar-refractivity contribution >= 4 is 28.9 Å². The monoisotopic (exact) mass is 335 g/mol. The zero-order chi connectivity index (χ0) is 17.0. The molecule has 9 heteroatoms. The molecular formula is C14H10ClN3O5. The SMILES string of the molecule is O=C(NCc1ccc([N+](=O)[O-])cc1)c1cc([N+](=O)[O-])ccc1Cl. The highest BCUT2D eigenvalue weighted by atomic mass is 35.5. The molecule has 0 aliphatic rings. The van der Waals surface area contributed by atoms with E-state index in [9.17, 15) is 25.0 Å². The summed E-state index contributed by atoms with van der Waals surface area (Å²) in [7, 11) is 0. The maximum absolute atomic E-state index is 12.1. The molecule has 1 amide bonds. The molecule has 2 rings (SSSR count). The lowest BCUT2D eigenvalue weighted by Gasteiger charge is -2.07. The van der Waals surface area contributed by atoms with Gasteiger partial charge in [-0.15, -0.1) is 0 Å². The van der Waals surface area contributed by atoms with E-state index in [1.54, 1.807) is 0 Å². The van der Waals surface area contributed by atoms with E-state index in [1.165, 1.54) is 36.4 Å². The van der Waals surface area contributed by atoms with E-state index in [2.05, 4.69) is 5.32 Å². The van der Waals surface area contributed by atoms with Gasteiger partial charge in [-0.1, -0.05) is 23.7 Å². The van der Waals surface area contributed by atoms with E-state index in [1.807, 2.05) is 0 Å². The Kier molecular flexibility index (Phi) is 4.87. The fourth-order valence-electron chi connectivity index (χ4n) is 1.81. The van der Waals surface area contributed by atoms with Crippen LogP contribution < -0.4 is 5.32 Å². The summed E-state index contributed by atoms with van der Waals surface area (Å²) in [5.74, 6) is -0.572. The minimum absolute atomic E-state index is 0.0113. The number of nitrogens with one attached hydrogen (secondary N) is 1. The number of hydrogen-bond acceptors (Lipinski definition) is 5. The number of carbonyl (C=O) groups excluding carboxylic acids is 1. The highest BCUT2D eigenvalue weighted by Gasteiger charge is 2.15. The second kappa shape index (κ2) is 6.84. The minimum Gasteiger partial charge on any atom is -0.348 e. The minimum atomic E-state index is -0.622. The van der Waals surface area contributed by atoms with Crippen LogP contribution in [0.25, 0.3) is 0 Å². The van der Waals surface area contributed by atoms with Gasteiger partial charge in [0.05, 0.1) is 20.4 Å². The number of carbonyl (C=O) groups is 1. The van der Waals surface area contributed by atoms with Gasteiger partial charge in [-0.3, -0.25) is 25.0 Å². The first kappa shape index (κ1) is 16.4. The van der Waals surface area contributed by atoms with Crippen LogP contribution in [0.3, 0.4) is 0 Å². The second-order valence-corrected chi connectivity index (χ2v) is 4.93. The van der Waals surface area contributed by atoms with Crippen LogP contribution in [-0.4, -0.2) is 15.8 Å². The molecule has 0 spiro atoms. The van der Waals surface area contributed by atoms with Gasteiger partial charge in [-0.2, -0.15) is 0 Å². The summed E-state index contributed by atoms with van der Waals surface area (Å²) >= 11 is 5.87. The van der Waals surface area contributed by atoms with Crippen LogP contribution in [0.5, 0.6) is 0 Å². The molecular weight excluding hydrogens is 326 g/mol. The highest BCUT2D eigenvalue weighted by molar-refractivity contribution is 6.33. The predicted molar refractivity (Wildman–Crippen MR) is 82.4 cm³/mol. The van der Waals surface area contributed by atoms with Crippen molar-refractivity contribution in [2.45, 2.75) is 6.54 Å². The van der Waals surface area contributed by atoms with E-state index >= 15 is 0 Å². The number of nitrogens with zero attached hydrogens (tertiary/aromatic N) is 2. The molecule has 0 aliphatic heterocycles. The van der Waals surface area contributed by atoms with E-state index in [0.717, 1.165) is 6.07 Å². The zero-order valence-corrected chi connectivity index (χ0v) is 12.3. The summed E-state index contributed by atoms with van der Waals surface area (Å²) < 4.78 is 0. The third-order valence-electron chi connectivity index (χ3n) is 3.01. The molecule has 0 fully saturated rings. The molecule has 0 heterocycles. The lowest BCUT2D eigenvalue weighted by Crippen LogP contribution is -2.23. The van der Waals surface area contributed by atoms with E-state index in [4.69, 9.17) is 11.6 Å². The van der Waals surface area contributed by atoms with Gasteiger partial charge in [0.25, 0.3) is 17.3 Å². The van der Waals surface area contributed by atoms with Crippen molar-refractivity contribution in [2.75, 3.05) is 0 Å². The van der Waals surface area contributed by atoms with Crippen molar-refractivity contribution < 1.29 is 14.6 Å². The van der Waals surface area contributed by atoms with Crippen LogP contribution in [0.15, 0.2) is 42.5 Å². The summed E-state index contributed by atoms with van der Waals surface area (Å²) in [4.78, 5) is 32.2. The van der Waals surface area contributed by atoms with Gasteiger partial charge in [0.1, 0.15) is 0 Å². The topological polar surface area (TPSA) is 115 Å². The lowest BCUT2D eigenvalue weighted by molar-refractivity contribution is -0.385. The summed E-state index contributed by atoms with van der Waals surface area (Å²) in [5.41, 5.74) is 0.338. The highest BCUT2D eigenvalue weighted by Crippen LogP contribution is 2.22. The average molecular weight is 336 g/mol. The van der Waals surface area contributed by atoms with Gasteiger partial charge in [0, 0.05) is 30.8 Å². The molecule has 0 saturated carbocycles. The van der Waals surface area contributed by atoms with Crippen LogP contribution in [0.4, 0.5) is 11.4 Å². The van der Waals surface area contributed by atoms with Gasteiger partial charge < -0.3 is 5.32 Å². The first-order valence-electron chi connectivity index (χ1n) is 6.34. The second-order valence-electron chi connectivity index (χ2n) is 4.53. The number of amides is 1. The maximum atomic E-state index is 12.1. The summed E-state index contributed by atoms with van der Waals surface area (Å²) in [6, 6.07) is 9.23. The largest absolute Gasteiger partial charge is 0.348 e. The molecule has 0 saturated heterocycles. The fraction of sp³-hybridized carbons (Fsp3) is 0.0714. The van der Waals surface area contributed by atoms with Crippen molar-refractivity contribution in [1.29, 1.82) is 0 Å². The third-order valence-corrected chi connectivity index (χ3v) is 3.34. The van der Waals surface area contributed by atoms with Crippen molar-refractivity contribution in [3.05, 3.63) is 78.8 Å². The molecule has 118 valence electrons. The number of nitro groups is 2. The Morgan fingerprint density at radius 2 is 1.57 bits per heavy atom. The average Bonchev–Trinajstić information content (AvgIpc) is 2.53. The Morgan fingerprint density at radius 3 is 2.13 bits per heavy atom. The Labute approximate surface area is 135 Å². The van der Waals surface area contributed by atoms with E-state index in [0.29, 0.717) is 5.56 Å². The molecule has 23 heavy (non-hydrogen) atoms. The number of benzene rings is 2. The van der Waals surface area contributed by atoms with Gasteiger partial charge in [-0.05, 0) is 11.6 Å². The molecule has 8 nitrogen and oxygen atoms in total. The van der Waals surface area contributed by atoms with Crippen molar-refractivity contribution in [2.24, 2.45) is 0 Å². The van der Waals surface area contributed by atoms with Crippen molar-refractivity contribution in [3.8, 4) is 0 Å². The van der Waals surface area contributed by atoms with Gasteiger partial charge in [-0.25, -0.2) is 0 Å². The summed E-state index contributed by atoms with van der Waals surface area (Å²) in [6.07, 6.45) is 0. The number of rotatable bonds is 5. The molecule has 0 bridgehead atoms. The van der Waals surface area contributed by atoms with Crippen LogP contribution in [0.2, 0.25) is 5.02 Å². The number of halogens is 1. The summed E-state index contributed by atoms with van der Waals surface area (Å²) in [5, 5.41) is 23.9. The fourth-order valence-corrected chi connectivity index (χ4v) is 2.02. The Hall–Kier alpha value is -3.00. The molecule has 0 radical (unpaired) electrons. The zero-order valence-electron chi connectivity index (χ0n) is 11.6. The number of nitro benzene ring substituents is 2. The van der Waals surface area contributed by atoms with Gasteiger partial charge >= 0.3 is 0 Å². The number of non-ortho nitro benzene ring substituents is 2. The molecule has 0 aromatic heterocycles. The molecule has 0 unspecified atom stereocenters. The Morgan fingerprint density at radius 1 is 1.00 bits per heavy atom. The first-order chi connectivity index (χ1) is 10.9. The quantitative estimate of drug-likeness (QED) is 0.665. The van der Waals surface area contributed by atoms with Crippen LogP contribution in [0, 0.1) is 20.2 Å². The molecule has 0 atom stereocenters. The Balaban J connectivity index is 2.09. The standard InChI is InChI=1S/C14H10ClN3O5/c15-13-6-5-11(18(22)23)7-12(13)14(19)16-8-9-1-3-10(4-2-9)17(20)21/h1-7H,8H2,(H,16,19). The van der Waals surface area contributed by atoms with Crippen molar-refractivity contribution in [1.82, 2.24) is 5.32 Å². The first-order valence-corrected chi connectivity index (χ1v) is 6.72. The molecule has 1 N–H and O–H groups in total. The number of hydrogen-bond donors (Lipinski definition) is 1. The summed E-state index contributed by atoms with van der Waals surface area (Å²) in [6.45, 7) is 0.107. The molecule has 2 aromatic rings. The Bertz CT molecular complexity index is 776. The van der Waals surface area contributed by atoms with E-state index in [-0.39, 0.29) is 28.5 Å². The lowest BCUT2D eigenvalue weighted by atomic mass is 10.1. The van der Waals surface area contributed by atoms with E-state index < -0.39 is 15.8 Å². The van der Waals surface area contributed by atoms with Crippen LogP contribution in [0.1, 0.15) is 15.9 Å². The maximum Gasteiger partial charge on any atom is 0.270 e. The third kappa shape index (κ3) is 4.01. The van der Waals surface area contributed by atoms with Crippen LogP contribution >= 0.6 is 11.6 Å². The van der Waals surface area contributed by atoms with Gasteiger partial charge in [0.15, 0.2) is 0 Å². The van der Waals surface area contributed by atoms with Crippen molar-refractivity contribution in [3.63, 3.8) is 0 Å². The molecule has 2 aromatic carbocycles. The van der Waals surface area contributed by atoms with Gasteiger partial charge in [0.2, 0.25) is 0 Å². The smallest absolute Gasteiger partial charge is 0.270 e.